The van der Waals surface area contributed by atoms with Crippen LogP contribution in [-0.4, -0.2) is 13.1 Å². The molecule has 4 rings (SSSR count). The lowest BCUT2D eigenvalue weighted by Crippen LogP contribution is -2.08. The van der Waals surface area contributed by atoms with Crippen LogP contribution in [0.15, 0.2) is 103 Å². The van der Waals surface area contributed by atoms with Gasteiger partial charge in [0.1, 0.15) is 24.7 Å². The second-order valence-electron chi connectivity index (χ2n) is 7.62. The first-order valence-corrected chi connectivity index (χ1v) is 10.9. The second kappa shape index (κ2) is 11.0. The van der Waals surface area contributed by atoms with Gasteiger partial charge in [-0.1, -0.05) is 91.0 Å². The van der Waals surface area contributed by atoms with Crippen molar-refractivity contribution in [2.45, 2.75) is 19.6 Å². The van der Waals surface area contributed by atoms with Crippen LogP contribution < -0.4 is 9.47 Å². The summed E-state index contributed by atoms with van der Waals surface area (Å²) in [4.78, 5) is 12.2. The van der Waals surface area contributed by atoms with Gasteiger partial charge in [0.25, 0.3) is 0 Å². The quantitative estimate of drug-likeness (QED) is 0.291. The van der Waals surface area contributed by atoms with Crippen LogP contribution in [0.1, 0.15) is 16.7 Å². The predicted octanol–water partition coefficient (Wildman–Crippen LogP) is 6.23. The summed E-state index contributed by atoms with van der Waals surface area (Å²) >= 11 is 0. The van der Waals surface area contributed by atoms with Crippen molar-refractivity contribution in [3.8, 4) is 22.6 Å². The minimum Gasteiger partial charge on any atom is -0.489 e. The van der Waals surface area contributed by atoms with Gasteiger partial charge in [0.05, 0.1) is 13.5 Å². The zero-order valence-electron chi connectivity index (χ0n) is 18.6. The highest BCUT2D eigenvalue weighted by Crippen LogP contribution is 2.38. The Morgan fingerprint density at radius 2 is 1.24 bits per heavy atom. The Kier molecular flexibility index (Phi) is 7.39. The van der Waals surface area contributed by atoms with Crippen molar-refractivity contribution in [2.24, 2.45) is 0 Å². The molecule has 0 amide bonds. The fraction of sp³-hybridized carbons (Fsp3) is 0.138. The standard InChI is InChI=1S/C29H26O4/c1-31-28(30)18-25-17-26(32-20-22-11-5-2-6-12-22)19-27(29(25)24-15-9-4-10-16-24)33-21-23-13-7-3-8-14-23/h2-17,19H,18,20-21H2,1H3. The highest BCUT2D eigenvalue weighted by Gasteiger charge is 2.18. The molecule has 0 heterocycles. The third-order valence-corrected chi connectivity index (χ3v) is 5.27. The molecule has 0 aliphatic heterocycles. The van der Waals surface area contributed by atoms with E-state index in [1.165, 1.54) is 7.11 Å². The minimum absolute atomic E-state index is 0.116. The summed E-state index contributed by atoms with van der Waals surface area (Å²) in [5.41, 5.74) is 4.74. The monoisotopic (exact) mass is 438 g/mol. The van der Waals surface area contributed by atoms with Crippen LogP contribution in [0.5, 0.6) is 11.5 Å². The van der Waals surface area contributed by atoms with Crippen molar-refractivity contribution in [2.75, 3.05) is 7.11 Å². The summed E-state index contributed by atoms with van der Waals surface area (Å²) in [5.74, 6) is 0.983. The molecule has 0 spiro atoms. The SMILES string of the molecule is COC(=O)Cc1cc(OCc2ccccc2)cc(OCc2ccccc2)c1-c1ccccc1. The molecule has 0 fully saturated rings. The molecule has 0 radical (unpaired) electrons. The first kappa shape index (κ1) is 22.2. The van der Waals surface area contributed by atoms with Gasteiger partial charge in [-0.15, -0.1) is 0 Å². The normalized spacial score (nSPS) is 10.5. The number of methoxy groups -OCH3 is 1. The molecule has 0 aromatic heterocycles. The zero-order valence-corrected chi connectivity index (χ0v) is 18.6. The molecular formula is C29H26O4. The molecule has 166 valence electrons. The number of hydrogen-bond donors (Lipinski definition) is 0. The Balaban J connectivity index is 1.73. The maximum Gasteiger partial charge on any atom is 0.310 e. The van der Waals surface area contributed by atoms with E-state index in [9.17, 15) is 4.79 Å². The molecule has 0 aliphatic carbocycles. The third kappa shape index (κ3) is 6.01. The van der Waals surface area contributed by atoms with Crippen LogP contribution in [0.4, 0.5) is 0 Å². The van der Waals surface area contributed by atoms with E-state index in [0.717, 1.165) is 27.8 Å². The largest absolute Gasteiger partial charge is 0.489 e. The lowest BCUT2D eigenvalue weighted by molar-refractivity contribution is -0.139. The fourth-order valence-electron chi connectivity index (χ4n) is 3.62. The van der Waals surface area contributed by atoms with Crippen LogP contribution in [0.25, 0.3) is 11.1 Å². The fourth-order valence-corrected chi connectivity index (χ4v) is 3.62. The second-order valence-corrected chi connectivity index (χ2v) is 7.62. The van der Waals surface area contributed by atoms with Crippen molar-refractivity contribution in [3.63, 3.8) is 0 Å². The molecule has 0 saturated carbocycles. The van der Waals surface area contributed by atoms with Crippen LogP contribution >= 0.6 is 0 Å². The molecule has 0 saturated heterocycles. The van der Waals surface area contributed by atoms with Crippen LogP contribution in [-0.2, 0) is 29.2 Å². The smallest absolute Gasteiger partial charge is 0.310 e. The molecule has 4 nitrogen and oxygen atoms in total. The minimum atomic E-state index is -0.318. The number of benzene rings is 4. The molecule has 4 heteroatoms. The predicted molar refractivity (Wildman–Crippen MR) is 129 cm³/mol. The van der Waals surface area contributed by atoms with Crippen molar-refractivity contribution in [1.29, 1.82) is 0 Å². The number of hydrogen-bond acceptors (Lipinski definition) is 4. The van der Waals surface area contributed by atoms with Crippen LogP contribution in [0.3, 0.4) is 0 Å². The maximum atomic E-state index is 12.2. The Hall–Kier alpha value is -4.05. The lowest BCUT2D eigenvalue weighted by atomic mass is 9.96. The average molecular weight is 439 g/mol. The van der Waals surface area contributed by atoms with Gasteiger partial charge in [0.15, 0.2) is 0 Å². The molecule has 4 aromatic rings. The van der Waals surface area contributed by atoms with Crippen LogP contribution in [0, 0.1) is 0 Å². The third-order valence-electron chi connectivity index (χ3n) is 5.27. The highest BCUT2D eigenvalue weighted by molar-refractivity contribution is 5.81. The van der Waals surface area contributed by atoms with Crippen molar-refractivity contribution in [3.05, 3.63) is 120 Å². The average Bonchev–Trinajstić information content (AvgIpc) is 2.87. The zero-order chi connectivity index (χ0) is 22.9. The lowest BCUT2D eigenvalue weighted by Gasteiger charge is -2.18. The van der Waals surface area contributed by atoms with Gasteiger partial charge >= 0.3 is 5.97 Å². The molecule has 33 heavy (non-hydrogen) atoms. The van der Waals surface area contributed by atoms with Gasteiger partial charge < -0.3 is 14.2 Å². The van der Waals surface area contributed by atoms with E-state index in [-0.39, 0.29) is 12.4 Å². The Labute approximate surface area is 194 Å². The van der Waals surface area contributed by atoms with Gasteiger partial charge in [0, 0.05) is 11.6 Å². The summed E-state index contributed by atoms with van der Waals surface area (Å²) in [7, 11) is 1.40. The molecule has 0 unspecified atom stereocenters. The number of esters is 1. The van der Waals surface area contributed by atoms with Gasteiger partial charge in [-0.05, 0) is 28.3 Å². The van der Waals surface area contributed by atoms with E-state index in [4.69, 9.17) is 14.2 Å². The molecule has 0 N–H and O–H groups in total. The van der Waals surface area contributed by atoms with Gasteiger partial charge in [0.2, 0.25) is 0 Å². The van der Waals surface area contributed by atoms with E-state index < -0.39 is 0 Å². The van der Waals surface area contributed by atoms with Crippen LogP contribution in [0.2, 0.25) is 0 Å². The summed E-state index contributed by atoms with van der Waals surface area (Å²) in [5, 5.41) is 0. The van der Waals surface area contributed by atoms with E-state index in [1.807, 2.05) is 103 Å². The molecule has 0 atom stereocenters. The van der Waals surface area contributed by atoms with Gasteiger partial charge in [-0.3, -0.25) is 4.79 Å². The molecule has 0 bridgehead atoms. The maximum absolute atomic E-state index is 12.2. The van der Waals surface area contributed by atoms with E-state index >= 15 is 0 Å². The number of carbonyl (C=O) groups excluding carboxylic acids is 1. The Bertz CT molecular complexity index is 1170. The number of carbonyl (C=O) groups is 1. The first-order valence-electron chi connectivity index (χ1n) is 10.9. The summed E-state index contributed by atoms with van der Waals surface area (Å²) in [6, 6.07) is 33.7. The van der Waals surface area contributed by atoms with Crippen molar-refractivity contribution >= 4 is 5.97 Å². The van der Waals surface area contributed by atoms with E-state index in [0.29, 0.717) is 24.7 Å². The van der Waals surface area contributed by atoms with Gasteiger partial charge in [-0.2, -0.15) is 0 Å². The van der Waals surface area contributed by atoms with E-state index in [2.05, 4.69) is 0 Å². The highest BCUT2D eigenvalue weighted by atomic mass is 16.5. The Morgan fingerprint density at radius 3 is 1.82 bits per heavy atom. The van der Waals surface area contributed by atoms with E-state index in [1.54, 1.807) is 0 Å². The molecular weight excluding hydrogens is 412 g/mol. The summed E-state index contributed by atoms with van der Waals surface area (Å²) < 4.78 is 17.4. The number of rotatable bonds is 9. The summed E-state index contributed by atoms with van der Waals surface area (Å²) in [6.45, 7) is 0.821. The molecule has 4 aromatic carbocycles. The first-order chi connectivity index (χ1) is 16.2. The molecule has 0 aliphatic rings. The van der Waals surface area contributed by atoms with Crippen molar-refractivity contribution < 1.29 is 19.0 Å². The Morgan fingerprint density at radius 1 is 0.697 bits per heavy atom. The number of ether oxygens (including phenoxy) is 3. The topological polar surface area (TPSA) is 44.8 Å². The summed E-state index contributed by atoms with van der Waals surface area (Å²) in [6.07, 6.45) is 0.116. The van der Waals surface area contributed by atoms with Gasteiger partial charge in [-0.25, -0.2) is 0 Å². The van der Waals surface area contributed by atoms with Crippen molar-refractivity contribution in [1.82, 2.24) is 0 Å².